The Kier molecular flexibility index (Phi) is 6.18. The van der Waals surface area contributed by atoms with Crippen molar-refractivity contribution < 1.29 is 14.3 Å². The van der Waals surface area contributed by atoms with Crippen molar-refractivity contribution in [2.45, 2.75) is 6.92 Å². The lowest BCUT2D eigenvalue weighted by Gasteiger charge is -2.17. The summed E-state index contributed by atoms with van der Waals surface area (Å²) in [5, 5.41) is 3.27. The van der Waals surface area contributed by atoms with Crippen LogP contribution >= 0.6 is 24.4 Å². The van der Waals surface area contributed by atoms with Gasteiger partial charge in [-0.25, -0.2) is 18.9 Å². The van der Waals surface area contributed by atoms with Crippen LogP contribution in [-0.4, -0.2) is 17.0 Å². The van der Waals surface area contributed by atoms with E-state index >= 15 is 0 Å². The molecule has 2 amide bonds. The van der Waals surface area contributed by atoms with Gasteiger partial charge in [-0.3, -0.25) is 0 Å². The van der Waals surface area contributed by atoms with Crippen molar-refractivity contribution in [1.29, 1.82) is 0 Å². The van der Waals surface area contributed by atoms with Crippen molar-refractivity contribution in [3.63, 3.8) is 0 Å². The van der Waals surface area contributed by atoms with Gasteiger partial charge in [0.2, 0.25) is 0 Å². The molecular weight excluding hydrogens is 398 g/mol. The number of esters is 1. The summed E-state index contributed by atoms with van der Waals surface area (Å²) < 4.78 is 6.39. The first-order valence-corrected chi connectivity index (χ1v) is 9.01. The number of amides is 2. The minimum absolute atomic E-state index is 0.207. The van der Waals surface area contributed by atoms with Gasteiger partial charge in [0, 0.05) is 16.9 Å². The lowest BCUT2D eigenvalue weighted by molar-refractivity contribution is 0.0728. The number of ether oxygens (including phenoxy) is 1. The summed E-state index contributed by atoms with van der Waals surface area (Å²) in [5.74, 6) is -0.239. The highest BCUT2D eigenvalue weighted by Gasteiger charge is 2.14. The topological polar surface area (TPSA) is 71.5 Å². The standard InChI is InChI=1S/C20H16ClN3O3S/c1-13-5-6-14(12-17(13)21)23-20(26)24(28)15-7-9-16(10-8-15)27-19(25)18-4-2-3-11-22-18/h2-12,28H,1H3,(H,23,26). The number of pyridine rings is 1. The maximum Gasteiger partial charge on any atom is 0.362 e. The fourth-order valence-electron chi connectivity index (χ4n) is 2.26. The van der Waals surface area contributed by atoms with E-state index in [0.29, 0.717) is 22.1 Å². The number of nitrogens with one attached hydrogen (secondary N) is 1. The van der Waals surface area contributed by atoms with Crippen LogP contribution in [0.3, 0.4) is 0 Å². The molecule has 0 aliphatic rings. The van der Waals surface area contributed by atoms with Crippen LogP contribution in [0.2, 0.25) is 5.02 Å². The molecule has 0 aliphatic heterocycles. The van der Waals surface area contributed by atoms with E-state index in [0.717, 1.165) is 9.87 Å². The highest BCUT2D eigenvalue weighted by molar-refractivity contribution is 7.82. The SMILES string of the molecule is Cc1ccc(NC(=O)N(S)c2ccc(OC(=O)c3ccccn3)cc2)cc1Cl. The molecule has 0 saturated carbocycles. The molecule has 2 aromatic carbocycles. The van der Waals surface area contributed by atoms with Crippen LogP contribution in [0.1, 0.15) is 16.1 Å². The van der Waals surface area contributed by atoms with Crippen LogP contribution in [0.15, 0.2) is 66.9 Å². The van der Waals surface area contributed by atoms with E-state index in [-0.39, 0.29) is 5.69 Å². The van der Waals surface area contributed by atoms with E-state index in [4.69, 9.17) is 16.3 Å². The number of anilines is 2. The lowest BCUT2D eigenvalue weighted by atomic mass is 10.2. The number of rotatable bonds is 4. The second-order valence-corrected chi connectivity index (χ2v) is 6.61. The molecule has 0 bridgehead atoms. The van der Waals surface area contributed by atoms with Crippen molar-refractivity contribution in [2.24, 2.45) is 0 Å². The molecule has 28 heavy (non-hydrogen) atoms. The number of hydrogen-bond donors (Lipinski definition) is 2. The summed E-state index contributed by atoms with van der Waals surface area (Å²) in [6.07, 6.45) is 1.51. The molecule has 0 aliphatic carbocycles. The largest absolute Gasteiger partial charge is 0.422 e. The fraction of sp³-hybridized carbons (Fsp3) is 0.0500. The number of carbonyl (C=O) groups excluding carboxylic acids is 2. The Morgan fingerprint density at radius 2 is 1.86 bits per heavy atom. The molecule has 6 nitrogen and oxygen atoms in total. The summed E-state index contributed by atoms with van der Waals surface area (Å²) >= 11 is 10.3. The number of halogens is 1. The molecule has 142 valence electrons. The zero-order valence-corrected chi connectivity index (χ0v) is 16.4. The van der Waals surface area contributed by atoms with Gasteiger partial charge < -0.3 is 10.1 Å². The van der Waals surface area contributed by atoms with Gasteiger partial charge in [0.1, 0.15) is 11.4 Å². The van der Waals surface area contributed by atoms with Crippen molar-refractivity contribution in [3.05, 3.63) is 83.1 Å². The predicted molar refractivity (Wildman–Crippen MR) is 112 cm³/mol. The highest BCUT2D eigenvalue weighted by Crippen LogP contribution is 2.24. The van der Waals surface area contributed by atoms with Crippen LogP contribution in [-0.2, 0) is 0 Å². The van der Waals surface area contributed by atoms with Gasteiger partial charge in [-0.1, -0.05) is 36.5 Å². The molecule has 3 aromatic rings. The highest BCUT2D eigenvalue weighted by atomic mass is 35.5. The minimum Gasteiger partial charge on any atom is -0.422 e. The molecule has 0 spiro atoms. The van der Waals surface area contributed by atoms with Crippen molar-refractivity contribution in [2.75, 3.05) is 9.62 Å². The normalized spacial score (nSPS) is 10.2. The number of aryl methyl sites for hydroxylation is 1. The van der Waals surface area contributed by atoms with Gasteiger partial charge >= 0.3 is 12.0 Å². The van der Waals surface area contributed by atoms with Gasteiger partial charge in [-0.2, -0.15) is 0 Å². The third-order valence-corrected chi connectivity index (χ3v) is 4.60. The van der Waals surface area contributed by atoms with Crippen LogP contribution in [0.4, 0.5) is 16.2 Å². The van der Waals surface area contributed by atoms with E-state index in [1.807, 2.05) is 13.0 Å². The first kappa shape index (κ1) is 19.7. The summed E-state index contributed by atoms with van der Waals surface area (Å²) in [7, 11) is 0. The molecule has 0 atom stereocenters. The Morgan fingerprint density at radius 1 is 1.11 bits per heavy atom. The first-order chi connectivity index (χ1) is 13.4. The second kappa shape index (κ2) is 8.77. The summed E-state index contributed by atoms with van der Waals surface area (Å²) in [6, 6.07) is 16.1. The third kappa shape index (κ3) is 4.82. The predicted octanol–water partition coefficient (Wildman–Crippen LogP) is 5.15. The minimum atomic E-state index is -0.565. The maximum absolute atomic E-state index is 12.4. The fourth-order valence-corrected chi connectivity index (χ4v) is 2.63. The first-order valence-electron chi connectivity index (χ1n) is 8.23. The average molecular weight is 414 g/mol. The number of carbonyl (C=O) groups is 2. The molecule has 1 aromatic heterocycles. The molecule has 3 rings (SSSR count). The van der Waals surface area contributed by atoms with Crippen LogP contribution < -0.4 is 14.4 Å². The van der Waals surface area contributed by atoms with Crippen molar-refractivity contribution in [1.82, 2.24) is 4.98 Å². The molecule has 0 unspecified atom stereocenters. The Bertz CT molecular complexity index is 997. The molecular formula is C20H16ClN3O3S. The smallest absolute Gasteiger partial charge is 0.362 e. The van der Waals surface area contributed by atoms with Crippen molar-refractivity contribution in [3.8, 4) is 5.75 Å². The molecule has 1 N–H and O–H groups in total. The van der Waals surface area contributed by atoms with E-state index < -0.39 is 12.0 Å². The Morgan fingerprint density at radius 3 is 2.50 bits per heavy atom. The number of aromatic nitrogens is 1. The van der Waals surface area contributed by atoms with Crippen LogP contribution in [0.25, 0.3) is 0 Å². The van der Waals surface area contributed by atoms with Crippen LogP contribution in [0.5, 0.6) is 5.75 Å². The van der Waals surface area contributed by atoms with Crippen LogP contribution in [0, 0.1) is 6.92 Å². The van der Waals surface area contributed by atoms with Crippen molar-refractivity contribution >= 4 is 47.8 Å². The molecule has 0 fully saturated rings. The van der Waals surface area contributed by atoms with E-state index in [9.17, 15) is 9.59 Å². The maximum atomic E-state index is 12.4. The zero-order chi connectivity index (χ0) is 20.1. The molecule has 0 radical (unpaired) electrons. The van der Waals surface area contributed by atoms with E-state index in [1.54, 1.807) is 54.6 Å². The van der Waals surface area contributed by atoms with Gasteiger partial charge in [0.25, 0.3) is 0 Å². The summed E-state index contributed by atoms with van der Waals surface area (Å²) in [4.78, 5) is 28.3. The molecule has 1 heterocycles. The second-order valence-electron chi connectivity index (χ2n) is 5.80. The zero-order valence-electron chi connectivity index (χ0n) is 14.8. The summed E-state index contributed by atoms with van der Waals surface area (Å²) in [5.41, 5.74) is 2.18. The van der Waals surface area contributed by atoms with Gasteiger partial charge in [-0.05, 0) is 61.0 Å². The van der Waals surface area contributed by atoms with Gasteiger partial charge in [0.05, 0.1) is 5.69 Å². The van der Waals surface area contributed by atoms with Gasteiger partial charge in [-0.15, -0.1) is 0 Å². The van der Waals surface area contributed by atoms with E-state index in [1.165, 1.54) is 6.20 Å². The third-order valence-electron chi connectivity index (χ3n) is 3.78. The Balaban J connectivity index is 1.64. The Labute approximate surface area is 172 Å². The average Bonchev–Trinajstić information content (AvgIpc) is 2.71. The molecule has 8 heteroatoms. The quantitative estimate of drug-likeness (QED) is 0.352. The Hall–Kier alpha value is -3.03. The van der Waals surface area contributed by atoms with E-state index in [2.05, 4.69) is 23.1 Å². The number of nitrogens with zero attached hydrogens (tertiary/aromatic N) is 2. The molecule has 0 saturated heterocycles. The summed E-state index contributed by atoms with van der Waals surface area (Å²) in [6.45, 7) is 1.88. The number of benzene rings is 2. The number of thiol groups is 1. The number of urea groups is 1. The monoisotopic (exact) mass is 413 g/mol. The van der Waals surface area contributed by atoms with Gasteiger partial charge in [0.15, 0.2) is 0 Å². The number of hydrogen-bond acceptors (Lipinski definition) is 5. The lowest BCUT2D eigenvalue weighted by Crippen LogP contribution is -2.26.